The number of anilines is 2. The minimum absolute atomic E-state index is 0.0161. The highest BCUT2D eigenvalue weighted by atomic mass is 32.2. The topological polar surface area (TPSA) is 105 Å². The lowest BCUT2D eigenvalue weighted by molar-refractivity contribution is -0.137. The second-order valence-corrected chi connectivity index (χ2v) is 9.77. The molecule has 1 amide bonds. The van der Waals surface area contributed by atoms with Gasteiger partial charge in [0.05, 0.1) is 39.7 Å². The molecule has 1 aliphatic heterocycles. The molecule has 182 valence electrons. The monoisotopic (exact) mass is 502 g/mol. The van der Waals surface area contributed by atoms with Crippen molar-refractivity contribution in [2.75, 3.05) is 24.3 Å². The fraction of sp³-hybridized carbons (Fsp3) is 0.167. The standard InChI is InChI=1S/C24H21F3N4O3S/c1-31(2)22-12-21-20(11-18(22)24(25,26)27)30-23(32)13-19(29-21)16-5-3-4-15(10-16)14-6-8-17(9-7-14)35(28,33)34/h3-12H,13H2,1-2H3,(H,30,32)(H2,28,33,34). The average Bonchev–Trinajstić information content (AvgIpc) is 2.94. The summed E-state index contributed by atoms with van der Waals surface area (Å²) >= 11 is 0. The number of carbonyl (C=O) groups is 1. The number of sulfonamides is 1. The number of rotatable bonds is 4. The fourth-order valence-corrected chi connectivity index (χ4v) is 4.30. The predicted molar refractivity (Wildman–Crippen MR) is 128 cm³/mol. The summed E-state index contributed by atoms with van der Waals surface area (Å²) in [6, 6.07) is 15.3. The number of nitrogens with two attached hydrogens (primary N) is 1. The molecule has 1 heterocycles. The number of amides is 1. The highest BCUT2D eigenvalue weighted by molar-refractivity contribution is 7.89. The van der Waals surface area contributed by atoms with Crippen molar-refractivity contribution >= 4 is 38.7 Å². The fourth-order valence-electron chi connectivity index (χ4n) is 3.78. The van der Waals surface area contributed by atoms with Crippen LogP contribution in [0.25, 0.3) is 11.1 Å². The van der Waals surface area contributed by atoms with Gasteiger partial charge < -0.3 is 10.2 Å². The molecule has 3 N–H and O–H groups in total. The molecule has 0 unspecified atom stereocenters. The Bertz CT molecular complexity index is 1450. The number of benzene rings is 3. The van der Waals surface area contributed by atoms with E-state index in [-0.39, 0.29) is 28.4 Å². The highest BCUT2D eigenvalue weighted by Gasteiger charge is 2.36. The number of nitrogens with zero attached hydrogens (tertiary/aromatic N) is 2. The first-order chi connectivity index (χ1) is 16.3. The number of hydrogen-bond acceptors (Lipinski definition) is 5. The van der Waals surface area contributed by atoms with E-state index in [9.17, 15) is 26.4 Å². The average molecular weight is 503 g/mol. The maximum atomic E-state index is 13.6. The van der Waals surface area contributed by atoms with Crippen molar-refractivity contribution in [3.63, 3.8) is 0 Å². The van der Waals surface area contributed by atoms with Gasteiger partial charge in [0.2, 0.25) is 15.9 Å². The molecule has 7 nitrogen and oxygen atoms in total. The summed E-state index contributed by atoms with van der Waals surface area (Å²) in [6.07, 6.45) is -4.74. The number of nitrogens with one attached hydrogen (secondary N) is 1. The zero-order valence-corrected chi connectivity index (χ0v) is 19.5. The molecule has 0 radical (unpaired) electrons. The third-order valence-corrected chi connectivity index (χ3v) is 6.40. The Morgan fingerprint density at radius 2 is 1.63 bits per heavy atom. The Balaban J connectivity index is 1.79. The summed E-state index contributed by atoms with van der Waals surface area (Å²) in [6.45, 7) is 0. The van der Waals surface area contributed by atoms with Crippen LogP contribution in [-0.4, -0.2) is 34.1 Å². The third kappa shape index (κ3) is 5.20. The number of carbonyl (C=O) groups excluding carboxylic acids is 1. The largest absolute Gasteiger partial charge is 0.418 e. The molecule has 0 saturated heterocycles. The Hall–Kier alpha value is -3.70. The molecule has 1 aliphatic rings. The van der Waals surface area contributed by atoms with Gasteiger partial charge in [0.25, 0.3) is 0 Å². The molecular formula is C24H21F3N4O3S. The molecule has 3 aromatic carbocycles. The molecule has 0 spiro atoms. The number of hydrogen-bond donors (Lipinski definition) is 2. The van der Waals surface area contributed by atoms with Gasteiger partial charge in [-0.15, -0.1) is 0 Å². The molecule has 0 fully saturated rings. The lowest BCUT2D eigenvalue weighted by atomic mass is 9.99. The highest BCUT2D eigenvalue weighted by Crippen LogP contribution is 2.43. The SMILES string of the molecule is CN(C)c1cc2c(cc1C(F)(F)F)NC(=O)CC(c1cccc(-c3ccc(S(N)(=O)=O)cc3)c1)=N2. The lowest BCUT2D eigenvalue weighted by Crippen LogP contribution is -2.18. The number of alkyl halides is 3. The van der Waals surface area contributed by atoms with Crippen LogP contribution in [0.3, 0.4) is 0 Å². The molecule has 11 heteroatoms. The minimum Gasteiger partial charge on any atom is -0.377 e. The van der Waals surface area contributed by atoms with Crippen LogP contribution in [0.15, 0.2) is 70.6 Å². The van der Waals surface area contributed by atoms with Gasteiger partial charge in [0.1, 0.15) is 0 Å². The Kier molecular flexibility index (Phi) is 6.16. The van der Waals surface area contributed by atoms with Crippen LogP contribution >= 0.6 is 0 Å². The van der Waals surface area contributed by atoms with Crippen molar-refractivity contribution < 1.29 is 26.4 Å². The zero-order chi connectivity index (χ0) is 25.5. The number of aliphatic imine (C=N–C) groups is 1. The first kappa shape index (κ1) is 24.4. The van der Waals surface area contributed by atoms with Gasteiger partial charge in [0, 0.05) is 14.1 Å². The maximum Gasteiger partial charge on any atom is 0.418 e. The van der Waals surface area contributed by atoms with Crippen LogP contribution in [0.4, 0.5) is 30.2 Å². The Morgan fingerprint density at radius 3 is 2.23 bits per heavy atom. The molecule has 4 rings (SSSR count). The summed E-state index contributed by atoms with van der Waals surface area (Å²) in [5.74, 6) is -0.490. The Morgan fingerprint density at radius 1 is 0.971 bits per heavy atom. The van der Waals surface area contributed by atoms with Gasteiger partial charge >= 0.3 is 6.18 Å². The number of halogens is 3. The van der Waals surface area contributed by atoms with Crippen LogP contribution in [0, 0.1) is 0 Å². The summed E-state index contributed by atoms with van der Waals surface area (Å²) in [5.41, 5.74) is 1.69. The van der Waals surface area contributed by atoms with Gasteiger partial charge in [-0.3, -0.25) is 9.79 Å². The predicted octanol–water partition coefficient (Wildman–Crippen LogP) is 4.55. The van der Waals surface area contributed by atoms with E-state index in [0.29, 0.717) is 16.8 Å². The van der Waals surface area contributed by atoms with E-state index in [1.165, 1.54) is 37.2 Å². The summed E-state index contributed by atoms with van der Waals surface area (Å²) < 4.78 is 63.8. The van der Waals surface area contributed by atoms with Crippen molar-refractivity contribution in [2.24, 2.45) is 10.1 Å². The van der Waals surface area contributed by atoms with E-state index in [2.05, 4.69) is 10.3 Å². The van der Waals surface area contributed by atoms with Crippen LogP contribution in [0.1, 0.15) is 17.5 Å². The second-order valence-electron chi connectivity index (χ2n) is 8.21. The van der Waals surface area contributed by atoms with Crippen LogP contribution < -0.4 is 15.4 Å². The summed E-state index contributed by atoms with van der Waals surface area (Å²) in [7, 11) is -0.822. The van der Waals surface area contributed by atoms with E-state index in [1.54, 1.807) is 36.4 Å². The van der Waals surface area contributed by atoms with Crippen molar-refractivity contribution in [1.29, 1.82) is 0 Å². The smallest absolute Gasteiger partial charge is 0.377 e. The van der Waals surface area contributed by atoms with Gasteiger partial charge in [-0.25, -0.2) is 13.6 Å². The van der Waals surface area contributed by atoms with Gasteiger partial charge in [0.15, 0.2) is 0 Å². The van der Waals surface area contributed by atoms with Crippen LogP contribution in [-0.2, 0) is 21.0 Å². The number of fused-ring (bicyclic) bond motifs is 1. The van der Waals surface area contributed by atoms with Gasteiger partial charge in [-0.1, -0.05) is 30.3 Å². The van der Waals surface area contributed by atoms with E-state index in [4.69, 9.17) is 5.14 Å². The van der Waals surface area contributed by atoms with E-state index in [1.807, 2.05) is 0 Å². The van der Waals surface area contributed by atoms with Crippen molar-refractivity contribution in [3.8, 4) is 11.1 Å². The van der Waals surface area contributed by atoms with E-state index >= 15 is 0 Å². The molecule has 0 atom stereocenters. The number of primary sulfonamides is 1. The molecular weight excluding hydrogens is 481 g/mol. The molecule has 35 heavy (non-hydrogen) atoms. The molecule has 0 saturated carbocycles. The third-order valence-electron chi connectivity index (χ3n) is 5.47. The first-order valence-electron chi connectivity index (χ1n) is 10.4. The lowest BCUT2D eigenvalue weighted by Gasteiger charge is -2.21. The minimum atomic E-state index is -4.61. The van der Waals surface area contributed by atoms with Crippen molar-refractivity contribution in [2.45, 2.75) is 17.5 Å². The van der Waals surface area contributed by atoms with Gasteiger partial charge in [-0.2, -0.15) is 13.2 Å². The Labute approximate surface area is 200 Å². The first-order valence-corrected chi connectivity index (χ1v) is 11.9. The van der Waals surface area contributed by atoms with E-state index in [0.717, 1.165) is 11.6 Å². The molecule has 3 aromatic rings. The van der Waals surface area contributed by atoms with Crippen LogP contribution in [0.5, 0.6) is 0 Å². The quantitative estimate of drug-likeness (QED) is 0.546. The van der Waals surface area contributed by atoms with Crippen molar-refractivity contribution in [1.82, 2.24) is 0 Å². The second kappa shape index (κ2) is 8.82. The zero-order valence-electron chi connectivity index (χ0n) is 18.7. The normalized spacial score (nSPS) is 14.0. The van der Waals surface area contributed by atoms with E-state index < -0.39 is 27.7 Å². The van der Waals surface area contributed by atoms with Gasteiger partial charge in [-0.05, 0) is 47.0 Å². The molecule has 0 bridgehead atoms. The summed E-state index contributed by atoms with van der Waals surface area (Å²) in [4.78, 5) is 18.4. The molecule has 0 aromatic heterocycles. The van der Waals surface area contributed by atoms with Crippen molar-refractivity contribution in [3.05, 3.63) is 71.8 Å². The van der Waals surface area contributed by atoms with Crippen LogP contribution in [0.2, 0.25) is 0 Å². The maximum absolute atomic E-state index is 13.6. The molecule has 0 aliphatic carbocycles. The summed E-state index contributed by atoms with van der Waals surface area (Å²) in [5, 5.41) is 7.68.